The molecule has 1 aliphatic rings. The van der Waals surface area contributed by atoms with E-state index in [1.807, 2.05) is 6.08 Å². The quantitative estimate of drug-likeness (QED) is 0.272. The van der Waals surface area contributed by atoms with Crippen LogP contribution in [0.3, 0.4) is 0 Å². The third-order valence-electron chi connectivity index (χ3n) is 5.22. The molecule has 0 saturated heterocycles. The van der Waals surface area contributed by atoms with Crippen molar-refractivity contribution in [1.29, 1.82) is 0 Å². The smallest absolute Gasteiger partial charge is 0.194 e. The average molecular weight is 338 g/mol. The third-order valence-corrected chi connectivity index (χ3v) is 5.22. The number of rotatable bonds is 8. The first kappa shape index (κ1) is 19.1. The molecule has 134 valence electrons. The van der Waals surface area contributed by atoms with Crippen molar-refractivity contribution in [1.82, 2.24) is 0 Å². The van der Waals surface area contributed by atoms with Gasteiger partial charge in [0, 0.05) is 0 Å². The second-order valence-electron chi connectivity index (χ2n) is 7.17. The Morgan fingerprint density at radius 1 is 0.917 bits per heavy atom. The molecular formula is C21H29F3. The fourth-order valence-electron chi connectivity index (χ4n) is 3.67. The summed E-state index contributed by atoms with van der Waals surface area (Å²) in [6.07, 6.45) is 16.2. The number of benzene rings is 1. The van der Waals surface area contributed by atoms with Crippen molar-refractivity contribution in [2.45, 2.75) is 71.1 Å². The first-order chi connectivity index (χ1) is 11.6. The molecule has 1 aromatic rings. The minimum atomic E-state index is -1.39. The van der Waals surface area contributed by atoms with Gasteiger partial charge < -0.3 is 0 Å². The van der Waals surface area contributed by atoms with Gasteiger partial charge in [0.1, 0.15) is 0 Å². The molecule has 2 rings (SSSR count). The highest BCUT2D eigenvalue weighted by Crippen LogP contribution is 2.33. The minimum absolute atomic E-state index is 0.445. The van der Waals surface area contributed by atoms with Crippen LogP contribution in [0.25, 0.3) is 0 Å². The maximum absolute atomic E-state index is 13.1. The lowest BCUT2D eigenvalue weighted by Gasteiger charge is -2.27. The average Bonchev–Trinajstić information content (AvgIpc) is 2.58. The van der Waals surface area contributed by atoms with Gasteiger partial charge in [0.2, 0.25) is 0 Å². The van der Waals surface area contributed by atoms with Crippen molar-refractivity contribution in [3.8, 4) is 0 Å². The van der Waals surface area contributed by atoms with E-state index in [0.717, 1.165) is 30.4 Å². The van der Waals surface area contributed by atoms with Crippen LogP contribution in [-0.2, 0) is 6.42 Å². The molecule has 0 atom stereocenters. The van der Waals surface area contributed by atoms with E-state index in [4.69, 9.17) is 0 Å². The summed E-state index contributed by atoms with van der Waals surface area (Å²) >= 11 is 0. The molecule has 0 unspecified atom stereocenters. The second kappa shape index (κ2) is 9.90. The number of hydrogen-bond donors (Lipinski definition) is 0. The van der Waals surface area contributed by atoms with Crippen molar-refractivity contribution in [2.75, 3.05) is 0 Å². The molecule has 0 heterocycles. The topological polar surface area (TPSA) is 0 Å². The van der Waals surface area contributed by atoms with Gasteiger partial charge in [-0.25, -0.2) is 13.2 Å². The monoisotopic (exact) mass is 338 g/mol. The van der Waals surface area contributed by atoms with Crippen LogP contribution in [0, 0.1) is 29.3 Å². The Morgan fingerprint density at radius 2 is 1.54 bits per heavy atom. The van der Waals surface area contributed by atoms with E-state index in [1.165, 1.54) is 51.4 Å². The maximum atomic E-state index is 13.1. The zero-order valence-corrected chi connectivity index (χ0v) is 14.7. The van der Waals surface area contributed by atoms with Gasteiger partial charge in [-0.3, -0.25) is 0 Å². The van der Waals surface area contributed by atoms with Crippen LogP contribution in [-0.4, -0.2) is 0 Å². The Hall–Kier alpha value is -1.25. The van der Waals surface area contributed by atoms with E-state index >= 15 is 0 Å². The van der Waals surface area contributed by atoms with Crippen LogP contribution >= 0.6 is 0 Å². The van der Waals surface area contributed by atoms with E-state index in [9.17, 15) is 13.2 Å². The van der Waals surface area contributed by atoms with Gasteiger partial charge >= 0.3 is 0 Å². The zero-order valence-electron chi connectivity index (χ0n) is 14.7. The molecule has 0 amide bonds. The normalized spacial score (nSPS) is 21.5. The Bertz CT molecular complexity index is 505. The summed E-state index contributed by atoms with van der Waals surface area (Å²) in [6, 6.07) is 2.15. The summed E-state index contributed by atoms with van der Waals surface area (Å²) in [6.45, 7) is 2.25. The van der Waals surface area contributed by atoms with Gasteiger partial charge in [0.05, 0.1) is 0 Å². The number of hydrogen-bond acceptors (Lipinski definition) is 0. The lowest BCUT2D eigenvalue weighted by molar-refractivity contribution is 0.260. The van der Waals surface area contributed by atoms with Crippen LogP contribution in [0.15, 0.2) is 24.3 Å². The molecule has 1 fully saturated rings. The van der Waals surface area contributed by atoms with Crippen LogP contribution < -0.4 is 0 Å². The van der Waals surface area contributed by atoms with Gasteiger partial charge in [-0.05, 0) is 55.2 Å². The highest BCUT2D eigenvalue weighted by atomic mass is 19.2. The first-order valence-corrected chi connectivity index (χ1v) is 9.38. The Morgan fingerprint density at radius 3 is 2.17 bits per heavy atom. The van der Waals surface area contributed by atoms with E-state index in [1.54, 1.807) is 0 Å². The van der Waals surface area contributed by atoms with Crippen molar-refractivity contribution < 1.29 is 13.2 Å². The molecular weight excluding hydrogens is 309 g/mol. The van der Waals surface area contributed by atoms with Gasteiger partial charge in [0.25, 0.3) is 0 Å². The zero-order chi connectivity index (χ0) is 17.4. The van der Waals surface area contributed by atoms with Crippen LogP contribution in [0.5, 0.6) is 0 Å². The highest BCUT2D eigenvalue weighted by Gasteiger charge is 2.19. The van der Waals surface area contributed by atoms with E-state index in [2.05, 4.69) is 13.0 Å². The summed E-state index contributed by atoms with van der Waals surface area (Å²) in [5, 5.41) is 0. The summed E-state index contributed by atoms with van der Waals surface area (Å²) in [4.78, 5) is 0. The first-order valence-electron chi connectivity index (χ1n) is 9.38. The van der Waals surface area contributed by atoms with Crippen LogP contribution in [0.1, 0.15) is 70.3 Å². The van der Waals surface area contributed by atoms with Gasteiger partial charge in [-0.1, -0.05) is 57.6 Å². The molecule has 1 aromatic carbocycles. The van der Waals surface area contributed by atoms with Crippen molar-refractivity contribution in [3.05, 3.63) is 47.3 Å². The molecule has 0 spiro atoms. The molecule has 3 heteroatoms. The summed E-state index contributed by atoms with van der Waals surface area (Å²) in [7, 11) is 0. The molecule has 0 nitrogen and oxygen atoms in total. The minimum Gasteiger partial charge on any atom is -0.204 e. The predicted octanol–water partition coefficient (Wildman–Crippen LogP) is 6.98. The SMILES string of the molecule is CCCCCC1CCC(C/C=C\Cc2cc(F)c(F)c(F)c2)CC1. The van der Waals surface area contributed by atoms with Crippen LogP contribution in [0.4, 0.5) is 13.2 Å². The van der Waals surface area contributed by atoms with Gasteiger partial charge in [0.15, 0.2) is 17.5 Å². The Labute approximate surface area is 144 Å². The molecule has 0 aliphatic heterocycles. The maximum Gasteiger partial charge on any atom is 0.194 e. The number of unbranched alkanes of at least 4 members (excludes halogenated alkanes) is 2. The molecule has 0 radical (unpaired) electrons. The Balaban J connectivity index is 1.68. The molecule has 1 saturated carbocycles. The summed E-state index contributed by atoms with van der Waals surface area (Å²) in [5.41, 5.74) is 0.474. The predicted molar refractivity (Wildman–Crippen MR) is 93.4 cm³/mol. The third kappa shape index (κ3) is 5.99. The van der Waals surface area contributed by atoms with E-state index in [-0.39, 0.29) is 0 Å². The highest BCUT2D eigenvalue weighted by molar-refractivity contribution is 5.21. The van der Waals surface area contributed by atoms with Gasteiger partial charge in [-0.2, -0.15) is 0 Å². The fourth-order valence-corrected chi connectivity index (χ4v) is 3.67. The lowest BCUT2D eigenvalue weighted by atomic mass is 9.78. The second-order valence-corrected chi connectivity index (χ2v) is 7.17. The molecule has 0 N–H and O–H groups in total. The van der Waals surface area contributed by atoms with E-state index in [0.29, 0.717) is 12.0 Å². The number of halogens is 3. The lowest BCUT2D eigenvalue weighted by Crippen LogP contribution is -2.14. The van der Waals surface area contributed by atoms with Gasteiger partial charge in [-0.15, -0.1) is 0 Å². The molecule has 0 bridgehead atoms. The fraction of sp³-hybridized carbons (Fsp3) is 0.619. The molecule has 24 heavy (non-hydrogen) atoms. The summed E-state index contributed by atoms with van der Waals surface area (Å²) < 4.78 is 39.2. The van der Waals surface area contributed by atoms with E-state index < -0.39 is 17.5 Å². The summed E-state index contributed by atoms with van der Waals surface area (Å²) in [5.74, 6) is -1.95. The molecule has 1 aliphatic carbocycles. The van der Waals surface area contributed by atoms with Crippen LogP contribution in [0.2, 0.25) is 0 Å². The Kier molecular flexibility index (Phi) is 7.87. The number of allylic oxidation sites excluding steroid dienone is 2. The van der Waals surface area contributed by atoms with Crippen molar-refractivity contribution in [2.24, 2.45) is 11.8 Å². The molecule has 0 aromatic heterocycles. The standard InChI is InChI=1S/C21H29F3/c1-2-3-4-7-16-10-12-17(13-11-16)8-5-6-9-18-14-19(22)21(24)20(23)15-18/h5-6,14-17H,2-4,7-13H2,1H3/b6-5-. The van der Waals surface area contributed by atoms with Crippen molar-refractivity contribution >= 4 is 0 Å². The largest absolute Gasteiger partial charge is 0.204 e. The van der Waals surface area contributed by atoms with Crippen molar-refractivity contribution in [3.63, 3.8) is 0 Å².